The fraction of sp³-hybridized carbons (Fsp3) is 0.250. The van der Waals surface area contributed by atoms with Gasteiger partial charge in [0.05, 0.1) is 21.9 Å². The molecule has 2 rings (SSSR count). The number of nitro groups is 1. The number of benzene rings is 2. The zero-order valence-corrected chi connectivity index (χ0v) is 17.9. The predicted octanol–water partition coefficient (Wildman–Crippen LogP) is 4.16. The van der Waals surface area contributed by atoms with Gasteiger partial charge in [-0.25, -0.2) is 9.59 Å². The topological polar surface area (TPSA) is 142 Å². The van der Waals surface area contributed by atoms with Crippen molar-refractivity contribution in [3.8, 4) is 11.5 Å². The Bertz CT molecular complexity index is 1120. The van der Waals surface area contributed by atoms with Crippen molar-refractivity contribution in [2.75, 3.05) is 6.61 Å². The van der Waals surface area contributed by atoms with E-state index in [9.17, 15) is 37.7 Å². The van der Waals surface area contributed by atoms with Crippen LogP contribution >= 0.6 is 11.6 Å². The second-order valence-corrected chi connectivity index (χ2v) is 7.01. The first-order valence-corrected chi connectivity index (χ1v) is 9.55. The molecule has 0 spiro atoms. The Morgan fingerprint density at radius 2 is 1.82 bits per heavy atom. The first kappa shape index (κ1) is 26.4. The Hall–Kier alpha value is -3.87. The fourth-order valence-electron chi connectivity index (χ4n) is 2.46. The lowest BCUT2D eigenvalue weighted by molar-refractivity contribution is -0.385. The van der Waals surface area contributed by atoms with Crippen molar-refractivity contribution in [3.63, 3.8) is 0 Å². The average Bonchev–Trinajstić information content (AvgIpc) is 2.72. The second-order valence-electron chi connectivity index (χ2n) is 6.60. The summed E-state index contributed by atoms with van der Waals surface area (Å²) in [6, 6.07) is 5.56. The van der Waals surface area contributed by atoms with Gasteiger partial charge < -0.3 is 19.3 Å². The second kappa shape index (κ2) is 10.8. The average molecular weight is 506 g/mol. The van der Waals surface area contributed by atoms with Crippen LogP contribution in [0.4, 0.5) is 18.9 Å². The van der Waals surface area contributed by atoms with Crippen LogP contribution in [0.25, 0.3) is 0 Å². The van der Waals surface area contributed by atoms with Crippen molar-refractivity contribution in [2.45, 2.75) is 25.6 Å². The molecule has 0 aliphatic carbocycles. The highest BCUT2D eigenvalue weighted by Gasteiger charge is 2.31. The van der Waals surface area contributed by atoms with Crippen LogP contribution in [0.2, 0.25) is 5.02 Å². The highest BCUT2D eigenvalue weighted by atomic mass is 35.5. The van der Waals surface area contributed by atoms with Gasteiger partial charge in [0.2, 0.25) is 0 Å². The molecule has 0 saturated heterocycles. The molecule has 0 fully saturated rings. The third-order valence-corrected chi connectivity index (χ3v) is 4.37. The number of ether oxygens (including phenoxy) is 3. The summed E-state index contributed by atoms with van der Waals surface area (Å²) < 4.78 is 52.8. The molecule has 1 N–H and O–H groups in total. The summed E-state index contributed by atoms with van der Waals surface area (Å²) in [6.45, 7) is 0.154. The van der Waals surface area contributed by atoms with Crippen molar-refractivity contribution in [1.29, 1.82) is 0 Å². The summed E-state index contributed by atoms with van der Waals surface area (Å²) in [5, 5.41) is 19.6. The number of alkyl halides is 3. The molecular formula is C20H15ClF3NO9. The molecule has 0 radical (unpaired) electrons. The molecular weight excluding hydrogens is 491 g/mol. The van der Waals surface area contributed by atoms with Crippen LogP contribution < -0.4 is 4.74 Å². The molecule has 0 bridgehead atoms. The lowest BCUT2D eigenvalue weighted by atomic mass is 10.1. The van der Waals surface area contributed by atoms with E-state index in [1.807, 2.05) is 0 Å². The number of carboxylic acids is 1. The van der Waals surface area contributed by atoms with E-state index in [-0.39, 0.29) is 22.1 Å². The molecule has 0 aliphatic rings. The third kappa shape index (κ3) is 7.33. The van der Waals surface area contributed by atoms with E-state index < -0.39 is 59.4 Å². The van der Waals surface area contributed by atoms with Gasteiger partial charge in [-0.3, -0.25) is 14.9 Å². The Morgan fingerprint density at radius 3 is 2.38 bits per heavy atom. The number of carbonyl (C=O) groups excluding carboxylic acids is 2. The molecule has 0 aliphatic heterocycles. The number of aliphatic carboxylic acids is 1. The van der Waals surface area contributed by atoms with Crippen LogP contribution in [-0.2, 0) is 36.5 Å². The van der Waals surface area contributed by atoms with Crippen molar-refractivity contribution in [3.05, 3.63) is 62.7 Å². The smallest absolute Gasteiger partial charge is 0.416 e. The van der Waals surface area contributed by atoms with E-state index in [4.69, 9.17) is 21.4 Å². The minimum atomic E-state index is -4.62. The molecule has 34 heavy (non-hydrogen) atoms. The van der Waals surface area contributed by atoms with E-state index in [0.29, 0.717) is 6.07 Å². The first-order chi connectivity index (χ1) is 15.8. The van der Waals surface area contributed by atoms with Crippen molar-refractivity contribution < 1.29 is 51.8 Å². The maximum Gasteiger partial charge on any atom is 0.416 e. The molecule has 1 atom stereocenters. The van der Waals surface area contributed by atoms with Crippen molar-refractivity contribution >= 4 is 35.2 Å². The van der Waals surface area contributed by atoms with E-state index in [0.717, 1.165) is 37.3 Å². The molecule has 0 aromatic heterocycles. The van der Waals surface area contributed by atoms with Crippen LogP contribution in [0.15, 0.2) is 36.4 Å². The van der Waals surface area contributed by atoms with E-state index in [2.05, 4.69) is 9.47 Å². The standard InChI is InChI=1S/C20H15ClF3NO9/c1-10(19(28)29)33-18(27)9-32-17(26)7-11-6-13(3-4-15(11)25(30)31)34-16-5-2-12(8-14(16)21)20(22,23)24/h2-6,8,10H,7,9H2,1H3,(H,28,29). The molecule has 2 aromatic rings. The quantitative estimate of drug-likeness (QED) is 0.302. The minimum absolute atomic E-state index is 0.0789. The number of nitro benzene ring substituents is 1. The van der Waals surface area contributed by atoms with Crippen molar-refractivity contribution in [2.24, 2.45) is 0 Å². The number of carboxylic acid groups (broad SMARTS) is 1. The molecule has 2 aromatic carbocycles. The summed E-state index contributed by atoms with van der Waals surface area (Å²) in [7, 11) is 0. The third-order valence-electron chi connectivity index (χ3n) is 4.08. The number of rotatable bonds is 9. The van der Waals surface area contributed by atoms with Crippen LogP contribution in [0, 0.1) is 10.1 Å². The number of carbonyl (C=O) groups is 3. The van der Waals surface area contributed by atoms with Gasteiger partial charge in [-0.2, -0.15) is 13.2 Å². The van der Waals surface area contributed by atoms with E-state index in [1.54, 1.807) is 0 Å². The molecule has 182 valence electrons. The minimum Gasteiger partial charge on any atom is -0.479 e. The Morgan fingerprint density at radius 1 is 1.15 bits per heavy atom. The van der Waals surface area contributed by atoms with Gasteiger partial charge in [0.15, 0.2) is 12.7 Å². The summed E-state index contributed by atoms with van der Waals surface area (Å²) in [6.07, 6.45) is -6.78. The van der Waals surface area contributed by atoms with Crippen LogP contribution in [0.3, 0.4) is 0 Å². The highest BCUT2D eigenvalue weighted by molar-refractivity contribution is 6.32. The van der Waals surface area contributed by atoms with Gasteiger partial charge in [0.1, 0.15) is 11.5 Å². The molecule has 14 heteroatoms. The zero-order valence-electron chi connectivity index (χ0n) is 17.1. The molecule has 1 unspecified atom stereocenters. The Kier molecular flexibility index (Phi) is 8.41. The van der Waals surface area contributed by atoms with Gasteiger partial charge in [0, 0.05) is 11.6 Å². The maximum atomic E-state index is 12.8. The van der Waals surface area contributed by atoms with Crippen molar-refractivity contribution in [1.82, 2.24) is 0 Å². The number of nitrogens with zero attached hydrogens (tertiary/aromatic N) is 1. The largest absolute Gasteiger partial charge is 0.479 e. The molecule has 10 nitrogen and oxygen atoms in total. The highest BCUT2D eigenvalue weighted by Crippen LogP contribution is 2.37. The summed E-state index contributed by atoms with van der Waals surface area (Å²) in [5.41, 5.74) is -1.69. The van der Waals surface area contributed by atoms with Gasteiger partial charge in [0.25, 0.3) is 5.69 Å². The monoisotopic (exact) mass is 505 g/mol. The summed E-state index contributed by atoms with van der Waals surface area (Å²) in [5.74, 6) is -3.89. The zero-order chi connectivity index (χ0) is 25.6. The van der Waals surface area contributed by atoms with E-state index >= 15 is 0 Å². The van der Waals surface area contributed by atoms with Gasteiger partial charge in [-0.1, -0.05) is 11.6 Å². The SMILES string of the molecule is CC(OC(=O)COC(=O)Cc1cc(Oc2ccc(C(F)(F)F)cc2Cl)ccc1[N+](=O)[O-])C(=O)O. The van der Waals surface area contributed by atoms with Crippen LogP contribution in [-0.4, -0.2) is 40.6 Å². The number of halogens is 4. The Balaban J connectivity index is 2.14. The van der Waals surface area contributed by atoms with Gasteiger partial charge in [-0.15, -0.1) is 0 Å². The lowest BCUT2D eigenvalue weighted by Gasteiger charge is -2.12. The lowest BCUT2D eigenvalue weighted by Crippen LogP contribution is -2.27. The first-order valence-electron chi connectivity index (χ1n) is 9.17. The molecule has 0 heterocycles. The maximum absolute atomic E-state index is 12.8. The molecule has 0 saturated carbocycles. The normalized spacial score (nSPS) is 11.9. The van der Waals surface area contributed by atoms with Gasteiger partial charge in [-0.05, 0) is 37.3 Å². The summed E-state index contributed by atoms with van der Waals surface area (Å²) >= 11 is 5.83. The van der Waals surface area contributed by atoms with Crippen LogP contribution in [0.1, 0.15) is 18.1 Å². The number of hydrogen-bond donors (Lipinski definition) is 1. The predicted molar refractivity (Wildman–Crippen MR) is 107 cm³/mol. The van der Waals surface area contributed by atoms with E-state index in [1.165, 1.54) is 0 Å². The Labute approximate surface area is 193 Å². The van der Waals surface area contributed by atoms with Gasteiger partial charge >= 0.3 is 24.1 Å². The number of esters is 2. The number of hydrogen-bond acceptors (Lipinski definition) is 8. The molecule has 0 amide bonds. The summed E-state index contributed by atoms with van der Waals surface area (Å²) in [4.78, 5) is 44.6. The van der Waals surface area contributed by atoms with Crippen LogP contribution in [0.5, 0.6) is 11.5 Å². The fourth-order valence-corrected chi connectivity index (χ4v) is 2.68.